The number of halogens is 1. The molecular formula is C13H12ClNO2S. The van der Waals surface area contributed by atoms with Crippen LogP contribution in [0.25, 0.3) is 0 Å². The molecule has 0 saturated carbocycles. The molecule has 2 aromatic rings. The van der Waals surface area contributed by atoms with Gasteiger partial charge in [0.05, 0.1) is 15.8 Å². The van der Waals surface area contributed by atoms with Crippen LogP contribution in [0.1, 0.15) is 9.67 Å². The van der Waals surface area contributed by atoms with Gasteiger partial charge in [0, 0.05) is 0 Å². The van der Waals surface area contributed by atoms with Crippen molar-refractivity contribution in [1.29, 1.82) is 0 Å². The Bertz CT molecular complexity index is 513. The van der Waals surface area contributed by atoms with E-state index in [1.165, 1.54) is 11.3 Å². The van der Waals surface area contributed by atoms with E-state index >= 15 is 0 Å². The van der Waals surface area contributed by atoms with Crippen LogP contribution >= 0.6 is 22.9 Å². The molecule has 0 aliphatic heterocycles. The van der Waals surface area contributed by atoms with Crippen LogP contribution < -0.4 is 10.1 Å². The first kappa shape index (κ1) is 12.9. The quantitative estimate of drug-likeness (QED) is 0.855. The number of rotatable bonds is 5. The fourth-order valence-electron chi connectivity index (χ4n) is 1.37. The van der Waals surface area contributed by atoms with E-state index in [0.29, 0.717) is 22.4 Å². The number of nitrogens with one attached hydrogen (secondary N) is 1. The highest BCUT2D eigenvalue weighted by Crippen LogP contribution is 2.20. The highest BCUT2D eigenvalue weighted by molar-refractivity contribution is 7.17. The third-order valence-electron chi connectivity index (χ3n) is 2.20. The van der Waals surface area contributed by atoms with Gasteiger partial charge in [-0.3, -0.25) is 4.79 Å². The molecule has 1 amide bonds. The number of thiophene rings is 1. The molecule has 1 aromatic carbocycles. The van der Waals surface area contributed by atoms with Crippen molar-refractivity contribution in [2.45, 2.75) is 0 Å². The van der Waals surface area contributed by atoms with Gasteiger partial charge in [-0.25, -0.2) is 0 Å². The fourth-order valence-corrected chi connectivity index (χ4v) is 2.33. The number of carbonyl (C=O) groups is 1. The van der Waals surface area contributed by atoms with Crippen molar-refractivity contribution in [3.8, 4) is 5.75 Å². The van der Waals surface area contributed by atoms with E-state index < -0.39 is 0 Å². The van der Waals surface area contributed by atoms with Gasteiger partial charge in [0.1, 0.15) is 12.4 Å². The molecule has 94 valence electrons. The molecule has 0 bridgehead atoms. The lowest BCUT2D eigenvalue weighted by atomic mass is 10.3. The largest absolute Gasteiger partial charge is 0.492 e. The van der Waals surface area contributed by atoms with Gasteiger partial charge in [-0.2, -0.15) is 0 Å². The SMILES string of the molecule is O=C(NCCOc1ccccc1)c1ccc(Cl)s1. The van der Waals surface area contributed by atoms with Gasteiger partial charge in [0.2, 0.25) is 0 Å². The van der Waals surface area contributed by atoms with Crippen LogP contribution in [0.4, 0.5) is 0 Å². The zero-order valence-corrected chi connectivity index (χ0v) is 11.1. The third-order valence-corrected chi connectivity index (χ3v) is 3.43. The Morgan fingerprint density at radius 3 is 2.67 bits per heavy atom. The van der Waals surface area contributed by atoms with Crippen LogP contribution in [0.2, 0.25) is 4.34 Å². The van der Waals surface area contributed by atoms with Gasteiger partial charge in [-0.05, 0) is 24.3 Å². The molecule has 1 heterocycles. The van der Waals surface area contributed by atoms with E-state index in [4.69, 9.17) is 16.3 Å². The summed E-state index contributed by atoms with van der Waals surface area (Å²) in [5, 5.41) is 2.77. The maximum absolute atomic E-state index is 11.7. The van der Waals surface area contributed by atoms with Gasteiger partial charge in [-0.1, -0.05) is 29.8 Å². The number of benzene rings is 1. The summed E-state index contributed by atoms with van der Waals surface area (Å²) in [6.45, 7) is 0.901. The molecule has 0 aliphatic carbocycles. The first-order chi connectivity index (χ1) is 8.75. The first-order valence-electron chi connectivity index (χ1n) is 5.47. The average Bonchev–Trinajstić information content (AvgIpc) is 2.82. The third kappa shape index (κ3) is 3.75. The molecule has 18 heavy (non-hydrogen) atoms. The predicted octanol–water partition coefficient (Wildman–Crippen LogP) is 3.21. The van der Waals surface area contributed by atoms with Crippen molar-refractivity contribution in [3.63, 3.8) is 0 Å². The molecule has 0 fully saturated rings. The second-order valence-electron chi connectivity index (χ2n) is 3.52. The van der Waals surface area contributed by atoms with Crippen molar-refractivity contribution in [2.24, 2.45) is 0 Å². The Kier molecular flexibility index (Phi) is 4.61. The highest BCUT2D eigenvalue weighted by Gasteiger charge is 2.07. The topological polar surface area (TPSA) is 38.3 Å². The van der Waals surface area contributed by atoms with Crippen LogP contribution in [-0.2, 0) is 0 Å². The van der Waals surface area contributed by atoms with Gasteiger partial charge in [-0.15, -0.1) is 11.3 Å². The molecule has 5 heteroatoms. The van der Waals surface area contributed by atoms with Crippen molar-refractivity contribution < 1.29 is 9.53 Å². The van der Waals surface area contributed by atoms with Crippen molar-refractivity contribution in [3.05, 3.63) is 51.7 Å². The minimum Gasteiger partial charge on any atom is -0.492 e. The van der Waals surface area contributed by atoms with Crippen LogP contribution in [-0.4, -0.2) is 19.1 Å². The van der Waals surface area contributed by atoms with Crippen molar-refractivity contribution in [1.82, 2.24) is 5.32 Å². The van der Waals surface area contributed by atoms with Gasteiger partial charge >= 0.3 is 0 Å². The Hall–Kier alpha value is -1.52. The van der Waals surface area contributed by atoms with E-state index in [0.717, 1.165) is 5.75 Å². The molecule has 2 rings (SSSR count). The van der Waals surface area contributed by atoms with Crippen LogP contribution in [0.5, 0.6) is 5.75 Å². The number of hydrogen-bond donors (Lipinski definition) is 1. The van der Waals surface area contributed by atoms with Crippen LogP contribution in [0.3, 0.4) is 0 Å². The highest BCUT2D eigenvalue weighted by atomic mass is 35.5. The minimum absolute atomic E-state index is 0.122. The number of hydrogen-bond acceptors (Lipinski definition) is 3. The predicted molar refractivity (Wildman–Crippen MR) is 73.6 cm³/mol. The molecular weight excluding hydrogens is 270 g/mol. The summed E-state index contributed by atoms with van der Waals surface area (Å²) >= 11 is 7.02. The number of ether oxygens (including phenoxy) is 1. The molecule has 0 atom stereocenters. The van der Waals surface area contributed by atoms with E-state index in [1.807, 2.05) is 30.3 Å². The molecule has 0 saturated heterocycles. The smallest absolute Gasteiger partial charge is 0.261 e. The summed E-state index contributed by atoms with van der Waals surface area (Å²) in [6, 6.07) is 12.9. The monoisotopic (exact) mass is 281 g/mol. The summed E-state index contributed by atoms with van der Waals surface area (Å²) in [7, 11) is 0. The summed E-state index contributed by atoms with van der Waals surface area (Å²) < 4.78 is 6.07. The van der Waals surface area contributed by atoms with E-state index in [1.54, 1.807) is 12.1 Å². The maximum Gasteiger partial charge on any atom is 0.261 e. The number of para-hydroxylation sites is 1. The van der Waals surface area contributed by atoms with Crippen molar-refractivity contribution in [2.75, 3.05) is 13.2 Å². The summed E-state index contributed by atoms with van der Waals surface area (Å²) in [4.78, 5) is 12.3. The number of carbonyl (C=O) groups excluding carboxylic acids is 1. The van der Waals surface area contributed by atoms with E-state index in [9.17, 15) is 4.79 Å². The molecule has 1 aromatic heterocycles. The molecule has 0 aliphatic rings. The fraction of sp³-hybridized carbons (Fsp3) is 0.154. The summed E-state index contributed by atoms with van der Waals surface area (Å²) in [5.74, 6) is 0.675. The Morgan fingerprint density at radius 1 is 1.22 bits per heavy atom. The Labute approximate surface area is 114 Å². The van der Waals surface area contributed by atoms with E-state index in [-0.39, 0.29) is 5.91 Å². The lowest BCUT2D eigenvalue weighted by Gasteiger charge is -2.06. The Morgan fingerprint density at radius 2 is 2.00 bits per heavy atom. The minimum atomic E-state index is -0.122. The Balaban J connectivity index is 1.71. The lowest BCUT2D eigenvalue weighted by molar-refractivity contribution is 0.0951. The zero-order valence-electron chi connectivity index (χ0n) is 9.56. The standard InChI is InChI=1S/C13H12ClNO2S/c14-12-7-6-11(18-12)13(16)15-8-9-17-10-4-2-1-3-5-10/h1-7H,8-9H2,(H,15,16). The maximum atomic E-state index is 11.7. The van der Waals surface area contributed by atoms with Crippen LogP contribution in [0, 0.1) is 0 Å². The van der Waals surface area contributed by atoms with Crippen LogP contribution in [0.15, 0.2) is 42.5 Å². The number of amides is 1. The second-order valence-corrected chi connectivity index (χ2v) is 5.24. The lowest BCUT2D eigenvalue weighted by Crippen LogP contribution is -2.27. The van der Waals surface area contributed by atoms with Gasteiger partial charge in [0.15, 0.2) is 0 Å². The van der Waals surface area contributed by atoms with E-state index in [2.05, 4.69) is 5.32 Å². The molecule has 0 radical (unpaired) electrons. The molecule has 0 spiro atoms. The average molecular weight is 282 g/mol. The van der Waals surface area contributed by atoms with Crippen molar-refractivity contribution >= 4 is 28.8 Å². The normalized spacial score (nSPS) is 10.1. The second kappa shape index (κ2) is 6.42. The van der Waals surface area contributed by atoms with Gasteiger partial charge < -0.3 is 10.1 Å². The molecule has 3 nitrogen and oxygen atoms in total. The zero-order chi connectivity index (χ0) is 12.8. The first-order valence-corrected chi connectivity index (χ1v) is 6.66. The summed E-state index contributed by atoms with van der Waals surface area (Å²) in [6.07, 6.45) is 0. The molecule has 1 N–H and O–H groups in total. The molecule has 0 unspecified atom stereocenters. The summed E-state index contributed by atoms with van der Waals surface area (Å²) in [5.41, 5.74) is 0. The van der Waals surface area contributed by atoms with Gasteiger partial charge in [0.25, 0.3) is 5.91 Å².